The van der Waals surface area contributed by atoms with Gasteiger partial charge in [0.2, 0.25) is 11.8 Å². The molecular weight excluding hydrogens is 360 g/mol. The van der Waals surface area contributed by atoms with Gasteiger partial charge in [-0.25, -0.2) is 0 Å². The second kappa shape index (κ2) is 10.1. The van der Waals surface area contributed by atoms with Gasteiger partial charge in [0.15, 0.2) is 0 Å². The third-order valence-corrected chi connectivity index (χ3v) is 4.86. The summed E-state index contributed by atoms with van der Waals surface area (Å²) >= 11 is 5.94. The predicted molar refractivity (Wildman–Crippen MR) is 110 cm³/mol. The minimum Gasteiger partial charge on any atom is -0.355 e. The van der Waals surface area contributed by atoms with Crippen molar-refractivity contribution in [3.63, 3.8) is 0 Å². The molecule has 27 heavy (non-hydrogen) atoms. The molecule has 1 atom stereocenters. The molecule has 0 saturated heterocycles. The van der Waals surface area contributed by atoms with Gasteiger partial charge >= 0.3 is 0 Å². The number of benzene rings is 2. The fourth-order valence-electron chi connectivity index (χ4n) is 3.06. The molecule has 2 aromatic rings. The Labute approximate surface area is 166 Å². The van der Waals surface area contributed by atoms with Crippen LogP contribution in [0.5, 0.6) is 0 Å². The first-order valence-electron chi connectivity index (χ1n) is 9.32. The average Bonchev–Trinajstić information content (AvgIpc) is 2.65. The lowest BCUT2D eigenvalue weighted by molar-refractivity contribution is -0.140. The molecular formula is C22H27ClN2O2. The van der Waals surface area contributed by atoms with E-state index in [1.165, 1.54) is 0 Å². The van der Waals surface area contributed by atoms with E-state index in [4.69, 9.17) is 11.6 Å². The van der Waals surface area contributed by atoms with Crippen molar-refractivity contribution in [2.75, 3.05) is 6.54 Å². The quantitative estimate of drug-likeness (QED) is 0.741. The molecule has 0 spiro atoms. The van der Waals surface area contributed by atoms with Gasteiger partial charge in [0, 0.05) is 18.1 Å². The second-order valence-electron chi connectivity index (χ2n) is 6.57. The summed E-state index contributed by atoms with van der Waals surface area (Å²) in [5, 5.41) is 3.49. The number of nitrogens with zero attached hydrogens (tertiary/aromatic N) is 1. The number of carbonyl (C=O) groups is 2. The van der Waals surface area contributed by atoms with E-state index in [0.717, 1.165) is 16.7 Å². The van der Waals surface area contributed by atoms with Gasteiger partial charge < -0.3 is 10.2 Å². The van der Waals surface area contributed by atoms with Crippen LogP contribution in [0.3, 0.4) is 0 Å². The largest absolute Gasteiger partial charge is 0.355 e. The minimum absolute atomic E-state index is 0.0707. The SMILES string of the molecule is CCNC(=O)[C@@H](CC)N(Cc1ccccc1C)C(=O)Cc1ccc(Cl)cc1. The lowest BCUT2D eigenvalue weighted by Crippen LogP contribution is -2.49. The Hall–Kier alpha value is -2.33. The Bertz CT molecular complexity index is 774. The van der Waals surface area contributed by atoms with Crippen molar-refractivity contribution < 1.29 is 9.59 Å². The van der Waals surface area contributed by atoms with Crippen LogP contribution >= 0.6 is 11.6 Å². The molecule has 0 aliphatic rings. The van der Waals surface area contributed by atoms with Crippen LogP contribution in [0, 0.1) is 6.92 Å². The minimum atomic E-state index is -0.496. The van der Waals surface area contributed by atoms with Gasteiger partial charge in [-0.1, -0.05) is 54.9 Å². The van der Waals surface area contributed by atoms with Crippen molar-refractivity contribution in [1.29, 1.82) is 0 Å². The molecule has 144 valence electrons. The molecule has 0 unspecified atom stereocenters. The van der Waals surface area contributed by atoms with Crippen LogP contribution in [0.15, 0.2) is 48.5 Å². The maximum absolute atomic E-state index is 13.1. The Morgan fingerprint density at radius 1 is 1.07 bits per heavy atom. The molecule has 0 heterocycles. The number of carbonyl (C=O) groups excluding carboxylic acids is 2. The standard InChI is InChI=1S/C22H27ClN2O2/c1-4-20(22(27)24-5-2)25(15-18-9-7-6-8-16(18)3)21(26)14-17-10-12-19(23)13-11-17/h6-13,20H,4-5,14-15H2,1-3H3,(H,24,27)/t20-/m1/s1. The second-order valence-corrected chi connectivity index (χ2v) is 7.01. The van der Waals surface area contributed by atoms with Gasteiger partial charge in [0.1, 0.15) is 6.04 Å². The highest BCUT2D eigenvalue weighted by atomic mass is 35.5. The highest BCUT2D eigenvalue weighted by Crippen LogP contribution is 2.18. The van der Waals surface area contributed by atoms with Crippen molar-refractivity contribution in [2.45, 2.75) is 46.2 Å². The number of hydrogen-bond acceptors (Lipinski definition) is 2. The molecule has 0 aliphatic carbocycles. The van der Waals surface area contributed by atoms with Crippen molar-refractivity contribution in [1.82, 2.24) is 10.2 Å². The van der Waals surface area contributed by atoms with E-state index in [1.54, 1.807) is 17.0 Å². The Balaban J connectivity index is 2.29. The van der Waals surface area contributed by atoms with Gasteiger partial charge in [-0.15, -0.1) is 0 Å². The van der Waals surface area contributed by atoms with E-state index in [2.05, 4.69) is 5.32 Å². The number of aryl methyl sites for hydroxylation is 1. The number of likely N-dealkylation sites (N-methyl/N-ethyl adjacent to an activating group) is 1. The Morgan fingerprint density at radius 2 is 1.74 bits per heavy atom. The van der Waals surface area contributed by atoms with E-state index >= 15 is 0 Å². The zero-order chi connectivity index (χ0) is 19.8. The lowest BCUT2D eigenvalue weighted by Gasteiger charge is -2.31. The molecule has 2 rings (SSSR count). The third-order valence-electron chi connectivity index (χ3n) is 4.61. The maximum atomic E-state index is 13.1. The van der Waals surface area contributed by atoms with Crippen molar-refractivity contribution in [2.24, 2.45) is 0 Å². The normalized spacial score (nSPS) is 11.7. The summed E-state index contributed by atoms with van der Waals surface area (Å²) in [5.41, 5.74) is 3.03. The number of halogens is 1. The molecule has 0 bridgehead atoms. The highest BCUT2D eigenvalue weighted by Gasteiger charge is 2.28. The summed E-state index contributed by atoms with van der Waals surface area (Å²) in [7, 11) is 0. The van der Waals surface area contributed by atoms with E-state index in [-0.39, 0.29) is 18.2 Å². The molecule has 1 N–H and O–H groups in total. The molecule has 0 fully saturated rings. The number of amides is 2. The van der Waals surface area contributed by atoms with Crippen LogP contribution in [0.1, 0.15) is 37.0 Å². The van der Waals surface area contributed by atoms with Crippen LogP contribution in [0.4, 0.5) is 0 Å². The van der Waals surface area contributed by atoms with Crippen LogP contribution in [-0.2, 0) is 22.6 Å². The van der Waals surface area contributed by atoms with Crippen molar-refractivity contribution in [3.8, 4) is 0 Å². The fourth-order valence-corrected chi connectivity index (χ4v) is 3.19. The van der Waals surface area contributed by atoms with E-state index < -0.39 is 6.04 Å². The molecule has 2 aromatic carbocycles. The number of nitrogens with one attached hydrogen (secondary N) is 1. The van der Waals surface area contributed by atoms with E-state index in [1.807, 2.05) is 57.2 Å². The van der Waals surface area contributed by atoms with Gasteiger partial charge in [-0.05, 0) is 49.1 Å². The molecule has 0 aliphatic heterocycles. The molecule has 0 radical (unpaired) electrons. The maximum Gasteiger partial charge on any atom is 0.242 e. The molecule has 0 saturated carbocycles. The predicted octanol–water partition coefficient (Wildman–Crippen LogP) is 4.13. The summed E-state index contributed by atoms with van der Waals surface area (Å²) in [6.07, 6.45) is 0.795. The first-order valence-corrected chi connectivity index (χ1v) is 9.70. The zero-order valence-corrected chi connectivity index (χ0v) is 16.9. The summed E-state index contributed by atoms with van der Waals surface area (Å²) in [6.45, 7) is 6.78. The summed E-state index contributed by atoms with van der Waals surface area (Å²) < 4.78 is 0. The van der Waals surface area contributed by atoms with E-state index in [9.17, 15) is 9.59 Å². The average molecular weight is 387 g/mol. The molecule has 5 heteroatoms. The van der Waals surface area contributed by atoms with Gasteiger partial charge in [-0.3, -0.25) is 9.59 Å². The number of hydrogen-bond donors (Lipinski definition) is 1. The smallest absolute Gasteiger partial charge is 0.242 e. The number of rotatable bonds is 8. The zero-order valence-electron chi connectivity index (χ0n) is 16.2. The fraction of sp³-hybridized carbons (Fsp3) is 0.364. The molecule has 2 amide bonds. The van der Waals surface area contributed by atoms with Crippen LogP contribution in [0.2, 0.25) is 5.02 Å². The third kappa shape index (κ3) is 5.83. The van der Waals surface area contributed by atoms with Crippen molar-refractivity contribution >= 4 is 23.4 Å². The first kappa shape index (κ1) is 21.0. The molecule has 0 aromatic heterocycles. The van der Waals surface area contributed by atoms with E-state index in [0.29, 0.717) is 24.5 Å². The van der Waals surface area contributed by atoms with Crippen LogP contribution in [0.25, 0.3) is 0 Å². The van der Waals surface area contributed by atoms with Crippen LogP contribution < -0.4 is 5.32 Å². The van der Waals surface area contributed by atoms with Gasteiger partial charge in [0.25, 0.3) is 0 Å². The summed E-state index contributed by atoms with van der Waals surface area (Å²) in [6, 6.07) is 14.7. The highest BCUT2D eigenvalue weighted by molar-refractivity contribution is 6.30. The summed E-state index contributed by atoms with van der Waals surface area (Å²) in [5.74, 6) is -0.184. The van der Waals surface area contributed by atoms with Gasteiger partial charge in [0.05, 0.1) is 6.42 Å². The Morgan fingerprint density at radius 3 is 2.33 bits per heavy atom. The monoisotopic (exact) mass is 386 g/mol. The summed E-state index contributed by atoms with van der Waals surface area (Å²) in [4.78, 5) is 27.4. The lowest BCUT2D eigenvalue weighted by atomic mass is 10.0. The Kier molecular flexibility index (Phi) is 7.86. The molecule has 4 nitrogen and oxygen atoms in total. The van der Waals surface area contributed by atoms with Crippen LogP contribution in [-0.4, -0.2) is 29.3 Å². The van der Waals surface area contributed by atoms with Crippen molar-refractivity contribution in [3.05, 3.63) is 70.2 Å². The first-order chi connectivity index (χ1) is 13.0. The topological polar surface area (TPSA) is 49.4 Å². The van der Waals surface area contributed by atoms with Gasteiger partial charge in [-0.2, -0.15) is 0 Å².